The number of urea groups is 1. The van der Waals surface area contributed by atoms with Crippen LogP contribution >= 0.6 is 0 Å². The lowest BCUT2D eigenvalue weighted by atomic mass is 9.82. The second-order valence-electron chi connectivity index (χ2n) is 6.97. The van der Waals surface area contributed by atoms with Crippen molar-refractivity contribution >= 4 is 6.03 Å². The molecule has 5 nitrogen and oxygen atoms in total. The summed E-state index contributed by atoms with van der Waals surface area (Å²) in [5.41, 5.74) is 2.48. The van der Waals surface area contributed by atoms with Crippen molar-refractivity contribution in [2.45, 2.75) is 57.7 Å². The molecule has 2 atom stereocenters. The van der Waals surface area contributed by atoms with Crippen LogP contribution in [0.2, 0.25) is 0 Å². The lowest BCUT2D eigenvalue weighted by Crippen LogP contribution is -2.44. The molecular weight excluding hydrogens is 292 g/mol. The van der Waals surface area contributed by atoms with Gasteiger partial charge in [-0.3, -0.25) is 0 Å². The Labute approximate surface area is 138 Å². The Morgan fingerprint density at radius 3 is 2.57 bits per heavy atom. The molecule has 0 bridgehead atoms. The molecule has 0 saturated carbocycles. The van der Waals surface area contributed by atoms with Crippen LogP contribution in [0.5, 0.6) is 0 Å². The second kappa shape index (κ2) is 7.32. The Bertz CT molecular complexity index is 528. The molecule has 3 N–H and O–H groups in total. The predicted octanol–water partition coefficient (Wildman–Crippen LogP) is 2.01. The maximum atomic E-state index is 12.2. The van der Waals surface area contributed by atoms with Crippen LogP contribution in [0.3, 0.4) is 0 Å². The molecule has 1 saturated heterocycles. The molecule has 1 aliphatic heterocycles. The van der Waals surface area contributed by atoms with Crippen molar-refractivity contribution in [2.24, 2.45) is 0 Å². The minimum atomic E-state index is -0.548. The number of carbonyl (C=O) groups is 1. The van der Waals surface area contributed by atoms with Crippen LogP contribution in [-0.4, -0.2) is 46.4 Å². The molecule has 1 fully saturated rings. The van der Waals surface area contributed by atoms with Gasteiger partial charge in [0.05, 0.1) is 18.8 Å². The molecule has 2 amide bonds. The van der Waals surface area contributed by atoms with E-state index >= 15 is 0 Å². The quantitative estimate of drug-likeness (QED) is 0.777. The van der Waals surface area contributed by atoms with Crippen molar-refractivity contribution in [2.75, 3.05) is 13.2 Å². The number of benzene rings is 1. The summed E-state index contributed by atoms with van der Waals surface area (Å²) in [5.74, 6) is 0. The van der Waals surface area contributed by atoms with E-state index in [9.17, 15) is 15.0 Å². The fourth-order valence-electron chi connectivity index (χ4n) is 2.87. The number of likely N-dealkylation sites (tertiary alicyclic amines) is 1. The number of aliphatic hydroxyl groups is 2. The van der Waals surface area contributed by atoms with Gasteiger partial charge in [0.15, 0.2) is 0 Å². The minimum Gasteiger partial charge on any atom is -0.394 e. The van der Waals surface area contributed by atoms with E-state index in [0.29, 0.717) is 13.0 Å². The number of β-amino-alcohol motifs (C(OH)–C–C–N with tert-alkyl or cyclic N) is 1. The Kier molecular flexibility index (Phi) is 5.65. The highest BCUT2D eigenvalue weighted by molar-refractivity contribution is 5.75. The van der Waals surface area contributed by atoms with Gasteiger partial charge in [0.25, 0.3) is 0 Å². The molecule has 1 heterocycles. The summed E-state index contributed by atoms with van der Waals surface area (Å²) < 4.78 is 0. The van der Waals surface area contributed by atoms with Crippen LogP contribution in [0.25, 0.3) is 0 Å². The van der Waals surface area contributed by atoms with E-state index in [1.807, 2.05) is 12.1 Å². The van der Waals surface area contributed by atoms with E-state index < -0.39 is 6.10 Å². The van der Waals surface area contributed by atoms with Gasteiger partial charge in [0, 0.05) is 13.1 Å². The first-order valence-corrected chi connectivity index (χ1v) is 8.30. The van der Waals surface area contributed by atoms with Crippen molar-refractivity contribution in [3.05, 3.63) is 35.4 Å². The lowest BCUT2D eigenvalue weighted by Gasteiger charge is -2.24. The largest absolute Gasteiger partial charge is 0.394 e. The van der Waals surface area contributed by atoms with Gasteiger partial charge < -0.3 is 20.4 Å². The Morgan fingerprint density at radius 2 is 2.00 bits per heavy atom. The number of nitrogens with zero attached hydrogens (tertiary/aromatic N) is 1. The van der Waals surface area contributed by atoms with Crippen LogP contribution in [0, 0.1) is 0 Å². The predicted molar refractivity (Wildman–Crippen MR) is 90.2 cm³/mol. The number of hydrogen-bond acceptors (Lipinski definition) is 3. The molecular formula is C18H28N2O3. The third-order valence-corrected chi connectivity index (χ3v) is 4.93. The topological polar surface area (TPSA) is 72.8 Å². The summed E-state index contributed by atoms with van der Waals surface area (Å²) in [6.07, 6.45) is 0.960. The highest BCUT2D eigenvalue weighted by Crippen LogP contribution is 2.26. The van der Waals surface area contributed by atoms with Crippen LogP contribution in [0.15, 0.2) is 24.3 Å². The molecule has 1 aromatic rings. The molecule has 0 radical (unpaired) electrons. The van der Waals surface area contributed by atoms with Gasteiger partial charge in [-0.25, -0.2) is 4.79 Å². The Balaban J connectivity index is 1.92. The van der Waals surface area contributed by atoms with Crippen molar-refractivity contribution in [1.82, 2.24) is 10.2 Å². The summed E-state index contributed by atoms with van der Waals surface area (Å²) >= 11 is 0. The highest BCUT2D eigenvalue weighted by Gasteiger charge is 2.33. The summed E-state index contributed by atoms with van der Waals surface area (Å²) in [4.78, 5) is 13.7. The normalized spacial score (nSPS) is 21.5. The molecule has 1 aromatic carbocycles. The van der Waals surface area contributed by atoms with Crippen molar-refractivity contribution in [3.8, 4) is 0 Å². The maximum absolute atomic E-state index is 12.2. The second-order valence-corrected chi connectivity index (χ2v) is 6.97. The van der Waals surface area contributed by atoms with Crippen LogP contribution in [-0.2, 0) is 12.0 Å². The molecule has 1 aliphatic rings. The summed E-state index contributed by atoms with van der Waals surface area (Å²) in [6.45, 7) is 7.22. The minimum absolute atomic E-state index is 0.120. The average Bonchev–Trinajstić information content (AvgIpc) is 2.94. The molecule has 5 heteroatoms. The number of rotatable bonds is 5. The summed E-state index contributed by atoms with van der Waals surface area (Å²) in [6, 6.07) is 7.77. The molecule has 0 aliphatic carbocycles. The van der Waals surface area contributed by atoms with Gasteiger partial charge in [-0.05, 0) is 29.4 Å². The van der Waals surface area contributed by atoms with Crippen LogP contribution < -0.4 is 5.32 Å². The number of nitrogens with one attached hydrogen (secondary N) is 1. The SMILES string of the molecule is CCC(C)(C)c1ccc(CNC(=O)N2C[C@H](O)C[C@H]2CO)cc1. The zero-order valence-corrected chi connectivity index (χ0v) is 14.2. The fraction of sp³-hybridized carbons (Fsp3) is 0.611. The first-order chi connectivity index (χ1) is 10.9. The first-order valence-electron chi connectivity index (χ1n) is 8.30. The van der Waals surface area contributed by atoms with E-state index in [1.165, 1.54) is 10.5 Å². The van der Waals surface area contributed by atoms with Gasteiger partial charge in [-0.15, -0.1) is 0 Å². The average molecular weight is 320 g/mol. The van der Waals surface area contributed by atoms with Crippen molar-refractivity contribution < 1.29 is 15.0 Å². The van der Waals surface area contributed by atoms with E-state index in [2.05, 4.69) is 38.2 Å². The zero-order chi connectivity index (χ0) is 17.0. The van der Waals surface area contributed by atoms with Crippen molar-refractivity contribution in [1.29, 1.82) is 0 Å². The molecule has 0 aromatic heterocycles. The summed E-state index contributed by atoms with van der Waals surface area (Å²) in [7, 11) is 0. The molecule has 0 spiro atoms. The maximum Gasteiger partial charge on any atom is 0.318 e. The zero-order valence-electron chi connectivity index (χ0n) is 14.2. The van der Waals surface area contributed by atoms with Gasteiger partial charge >= 0.3 is 6.03 Å². The fourth-order valence-corrected chi connectivity index (χ4v) is 2.87. The van der Waals surface area contributed by atoms with E-state index in [4.69, 9.17) is 0 Å². The lowest BCUT2D eigenvalue weighted by molar-refractivity contribution is 0.154. The van der Waals surface area contributed by atoms with E-state index in [-0.39, 0.29) is 30.6 Å². The Hall–Kier alpha value is -1.59. The number of hydrogen-bond donors (Lipinski definition) is 3. The third-order valence-electron chi connectivity index (χ3n) is 4.93. The number of amides is 2. The molecule has 0 unspecified atom stereocenters. The van der Waals surface area contributed by atoms with Crippen molar-refractivity contribution in [3.63, 3.8) is 0 Å². The number of carbonyl (C=O) groups excluding carboxylic acids is 1. The molecule has 128 valence electrons. The summed E-state index contributed by atoms with van der Waals surface area (Å²) in [5, 5.41) is 21.8. The van der Waals surface area contributed by atoms with Crippen LogP contribution in [0.1, 0.15) is 44.7 Å². The highest BCUT2D eigenvalue weighted by atomic mass is 16.3. The first kappa shape index (κ1) is 17.8. The molecule has 2 rings (SSSR count). The van der Waals surface area contributed by atoms with E-state index in [1.54, 1.807) is 0 Å². The van der Waals surface area contributed by atoms with Gasteiger partial charge in [-0.1, -0.05) is 45.0 Å². The van der Waals surface area contributed by atoms with Gasteiger partial charge in [-0.2, -0.15) is 0 Å². The monoisotopic (exact) mass is 320 g/mol. The Morgan fingerprint density at radius 1 is 1.35 bits per heavy atom. The number of aliphatic hydroxyl groups excluding tert-OH is 2. The van der Waals surface area contributed by atoms with Gasteiger partial charge in [0.1, 0.15) is 0 Å². The standard InChI is InChI=1S/C18H28N2O3/c1-4-18(2,3)14-7-5-13(6-8-14)10-19-17(23)20-11-16(22)9-15(20)12-21/h5-8,15-16,21-22H,4,9-12H2,1-3H3,(H,19,23)/t15-,16+/m0/s1. The van der Waals surface area contributed by atoms with E-state index in [0.717, 1.165) is 12.0 Å². The third kappa shape index (κ3) is 4.24. The molecule has 23 heavy (non-hydrogen) atoms. The van der Waals surface area contributed by atoms with Crippen LogP contribution in [0.4, 0.5) is 4.79 Å². The smallest absolute Gasteiger partial charge is 0.318 e. The van der Waals surface area contributed by atoms with Gasteiger partial charge in [0.2, 0.25) is 0 Å².